The van der Waals surface area contributed by atoms with Gasteiger partial charge in [-0.15, -0.1) is 0 Å². The summed E-state index contributed by atoms with van der Waals surface area (Å²) in [6.07, 6.45) is 92.6. The van der Waals surface area contributed by atoms with Gasteiger partial charge in [-0.25, -0.2) is 9.13 Å². The number of aliphatic hydroxyl groups excluding tert-OH is 2. The molecule has 16 nitrogen and oxygen atoms in total. The van der Waals surface area contributed by atoms with E-state index in [9.17, 15) is 43.5 Å². The zero-order valence-corrected chi connectivity index (χ0v) is 66.7. The molecule has 18 heteroatoms. The second-order valence-corrected chi connectivity index (χ2v) is 30.1. The minimum absolute atomic E-state index is 0.104. The van der Waals surface area contributed by atoms with Crippen molar-refractivity contribution in [2.75, 3.05) is 39.6 Å². The number of phosphoric acid groups is 2. The van der Waals surface area contributed by atoms with E-state index in [2.05, 4.69) is 142 Å². The van der Waals surface area contributed by atoms with Crippen LogP contribution in [0.15, 0.2) is 122 Å². The Morgan fingerprint density at radius 1 is 0.282 bits per heavy atom. The lowest BCUT2D eigenvalue weighted by molar-refractivity contribution is -0.161. The summed E-state index contributed by atoms with van der Waals surface area (Å²) < 4.78 is 61.1. The number of aliphatic hydroxyl groups is 2. The van der Waals surface area contributed by atoms with E-state index in [-0.39, 0.29) is 19.3 Å². The van der Waals surface area contributed by atoms with Crippen molar-refractivity contribution in [3.8, 4) is 0 Å². The molecule has 0 spiro atoms. The number of phosphoric ester groups is 2. The fourth-order valence-corrected chi connectivity index (χ4v) is 12.6. The molecule has 4 N–H and O–H groups in total. The Kier molecular flexibility index (Phi) is 74.5. The highest BCUT2D eigenvalue weighted by Crippen LogP contribution is 2.45. The molecule has 0 aromatic heterocycles. The molecule has 0 amide bonds. The van der Waals surface area contributed by atoms with E-state index >= 15 is 0 Å². The quantitative estimate of drug-likeness (QED) is 0.0146. The summed E-state index contributed by atoms with van der Waals surface area (Å²) in [6, 6.07) is 0. The third-order valence-corrected chi connectivity index (χ3v) is 19.1. The number of rotatable bonds is 77. The molecular weight excluding hydrogens is 1340 g/mol. The number of hydrogen-bond acceptors (Lipinski definition) is 14. The normalized spacial score (nSPS) is 14.6. The molecule has 0 fully saturated rings. The van der Waals surface area contributed by atoms with Crippen molar-refractivity contribution in [1.29, 1.82) is 0 Å². The molecule has 0 aliphatic rings. The number of unbranched alkanes of at least 4 members (excludes halogenated alkanes) is 34. The van der Waals surface area contributed by atoms with Crippen molar-refractivity contribution in [2.45, 2.75) is 360 Å². The van der Waals surface area contributed by atoms with E-state index in [1.807, 2.05) is 0 Å². The molecule has 0 aliphatic heterocycles. The summed E-state index contributed by atoms with van der Waals surface area (Å²) in [4.78, 5) is 58.6. The standard InChI is InChI=1S/C85H148O16P2/c1-4-7-10-13-16-19-22-24-26-28-30-32-34-35-36-37-38-39-40-41-42-43-45-47-48-50-52-54-57-59-62-65-68-71-83(88)95-74-80(86)75-97-102(91,92)98-76-81(87)77-99-103(93,94)100-79-82(101-85(90)73-70-67-64-61-56-21-18-15-12-9-6-3)78-96-84(89)72-69-66-63-60-58-55-53-51-49-46-44-33-31-29-27-25-23-20-17-14-11-8-5-2/h7,10,16-17,19-20,24-27,30-33,35-36,38-39,46,49,80-82,86-87H,4-6,8-9,11-15,18,21-23,28-29,34,37,40-45,47-48,50-79H2,1-3H3,(H,91,92)(H,93,94)/b10-7-,19-16-,20-17-,26-24-,27-25-,32-30-,33-31-,36-35-,39-38-,49-46-. The van der Waals surface area contributed by atoms with Crippen molar-refractivity contribution in [2.24, 2.45) is 0 Å². The summed E-state index contributed by atoms with van der Waals surface area (Å²) in [5, 5.41) is 20.6. The van der Waals surface area contributed by atoms with Gasteiger partial charge in [-0.2, -0.15) is 0 Å². The van der Waals surface area contributed by atoms with Crippen molar-refractivity contribution in [3.05, 3.63) is 122 Å². The van der Waals surface area contributed by atoms with E-state index in [4.69, 9.17) is 32.3 Å². The molecule has 0 rings (SSSR count). The van der Waals surface area contributed by atoms with E-state index in [0.29, 0.717) is 19.3 Å². The SMILES string of the molecule is CC/C=C\C/C=C\C/C=C\C/C=C\C/C=C\C/C=C\CCCCCCCCCCCCCCCCC(=O)OCC(O)COP(=O)(O)OCC(O)COP(=O)(O)OCC(COC(=O)CCCCCCCCC/C=C\C/C=C\C/C=C\C/C=C\CCCCC)OC(=O)CCCCCCCCCCCCC. The Balaban J connectivity index is 4.39. The van der Waals surface area contributed by atoms with Gasteiger partial charge in [0.05, 0.1) is 26.4 Å². The molecule has 5 unspecified atom stereocenters. The topological polar surface area (TPSA) is 231 Å². The molecule has 594 valence electrons. The Hall–Kier alpha value is -4.05. The average Bonchev–Trinajstić information content (AvgIpc) is 0.914. The number of hydrogen-bond donors (Lipinski definition) is 4. The van der Waals surface area contributed by atoms with Crippen LogP contribution in [-0.2, 0) is 55.8 Å². The Bertz CT molecular complexity index is 2360. The number of carbonyl (C=O) groups excluding carboxylic acids is 3. The molecule has 0 heterocycles. The molecule has 0 saturated carbocycles. The maximum Gasteiger partial charge on any atom is 0.472 e. The fourth-order valence-electron chi connectivity index (χ4n) is 11.0. The monoisotopic (exact) mass is 1490 g/mol. The molecule has 0 aromatic carbocycles. The number of allylic oxidation sites excluding steroid dienone is 20. The Morgan fingerprint density at radius 2 is 0.515 bits per heavy atom. The van der Waals surface area contributed by atoms with E-state index in [1.165, 1.54) is 128 Å². The van der Waals surface area contributed by atoms with Gasteiger partial charge in [-0.05, 0) is 116 Å². The number of esters is 3. The summed E-state index contributed by atoms with van der Waals surface area (Å²) >= 11 is 0. The molecule has 0 aromatic rings. The first-order chi connectivity index (χ1) is 50.2. The van der Waals surface area contributed by atoms with Crippen LogP contribution in [0, 0.1) is 0 Å². The minimum Gasteiger partial charge on any atom is -0.463 e. The van der Waals surface area contributed by atoms with Crippen LogP contribution in [0.1, 0.15) is 342 Å². The van der Waals surface area contributed by atoms with Gasteiger partial charge in [-0.1, -0.05) is 328 Å². The lowest BCUT2D eigenvalue weighted by Crippen LogP contribution is -2.30. The van der Waals surface area contributed by atoms with Gasteiger partial charge < -0.3 is 34.2 Å². The maximum atomic E-state index is 12.9. The van der Waals surface area contributed by atoms with Crippen LogP contribution in [0.25, 0.3) is 0 Å². The second-order valence-electron chi connectivity index (χ2n) is 27.2. The molecule has 0 bridgehead atoms. The third-order valence-electron chi connectivity index (χ3n) is 17.2. The van der Waals surface area contributed by atoms with Crippen LogP contribution in [0.2, 0.25) is 0 Å². The van der Waals surface area contributed by atoms with Crippen LogP contribution in [0.5, 0.6) is 0 Å². The molecule has 103 heavy (non-hydrogen) atoms. The highest BCUT2D eigenvalue weighted by atomic mass is 31.2. The lowest BCUT2D eigenvalue weighted by Gasteiger charge is -2.21. The summed E-state index contributed by atoms with van der Waals surface area (Å²) in [5.41, 5.74) is 0. The Labute approximate surface area is 627 Å². The zero-order valence-electron chi connectivity index (χ0n) is 65.0. The first-order valence-corrected chi connectivity index (χ1v) is 43.8. The van der Waals surface area contributed by atoms with Gasteiger partial charge in [-0.3, -0.25) is 32.5 Å². The number of ether oxygens (including phenoxy) is 3. The lowest BCUT2D eigenvalue weighted by atomic mass is 10.0. The van der Waals surface area contributed by atoms with E-state index < -0.39 is 91.5 Å². The summed E-state index contributed by atoms with van der Waals surface area (Å²) in [5.74, 6) is -1.58. The number of carbonyl (C=O) groups is 3. The van der Waals surface area contributed by atoms with Crippen LogP contribution in [0.4, 0.5) is 0 Å². The minimum atomic E-state index is -4.93. The van der Waals surface area contributed by atoms with Crippen LogP contribution < -0.4 is 0 Å². The predicted molar refractivity (Wildman–Crippen MR) is 427 cm³/mol. The Morgan fingerprint density at radius 3 is 0.835 bits per heavy atom. The van der Waals surface area contributed by atoms with Gasteiger partial charge in [0, 0.05) is 19.3 Å². The van der Waals surface area contributed by atoms with Crippen molar-refractivity contribution in [3.63, 3.8) is 0 Å². The van der Waals surface area contributed by atoms with Crippen molar-refractivity contribution < 1.29 is 75.8 Å². The molecule has 5 atom stereocenters. The van der Waals surface area contributed by atoms with Gasteiger partial charge in [0.1, 0.15) is 25.4 Å². The summed E-state index contributed by atoms with van der Waals surface area (Å²) in [7, 11) is -9.78. The smallest absolute Gasteiger partial charge is 0.463 e. The second kappa shape index (κ2) is 77.6. The first-order valence-electron chi connectivity index (χ1n) is 40.8. The van der Waals surface area contributed by atoms with Crippen LogP contribution >= 0.6 is 15.6 Å². The van der Waals surface area contributed by atoms with Gasteiger partial charge in [0.2, 0.25) is 0 Å². The van der Waals surface area contributed by atoms with E-state index in [0.717, 1.165) is 154 Å². The van der Waals surface area contributed by atoms with E-state index in [1.54, 1.807) is 0 Å². The molecule has 0 aliphatic carbocycles. The highest BCUT2D eigenvalue weighted by Gasteiger charge is 2.29. The molecule has 0 radical (unpaired) electrons. The predicted octanol–water partition coefficient (Wildman–Crippen LogP) is 24.1. The average molecular weight is 1490 g/mol. The zero-order chi connectivity index (χ0) is 75.2. The fraction of sp³-hybridized carbons (Fsp3) is 0.729. The van der Waals surface area contributed by atoms with Crippen molar-refractivity contribution >= 4 is 33.6 Å². The van der Waals surface area contributed by atoms with Gasteiger partial charge in [0.25, 0.3) is 0 Å². The maximum absolute atomic E-state index is 12.9. The van der Waals surface area contributed by atoms with Crippen LogP contribution in [-0.4, -0.2) is 95.9 Å². The van der Waals surface area contributed by atoms with Gasteiger partial charge >= 0.3 is 33.6 Å². The van der Waals surface area contributed by atoms with Gasteiger partial charge in [0.15, 0.2) is 6.10 Å². The van der Waals surface area contributed by atoms with Crippen LogP contribution in [0.3, 0.4) is 0 Å². The van der Waals surface area contributed by atoms with Crippen molar-refractivity contribution in [1.82, 2.24) is 0 Å². The highest BCUT2D eigenvalue weighted by molar-refractivity contribution is 7.47. The largest absolute Gasteiger partial charge is 0.472 e. The molecule has 0 saturated heterocycles. The summed E-state index contributed by atoms with van der Waals surface area (Å²) in [6.45, 7) is 2.54. The first kappa shape index (κ1) is 98.9. The third kappa shape index (κ3) is 78.8. The molecular formula is C85H148O16P2.